The first-order valence-corrected chi connectivity index (χ1v) is 8.45. The molecule has 2 rings (SSSR count). The number of carbonyl (C=O) groups excluding carboxylic acids is 3. The zero-order chi connectivity index (χ0) is 15.9. The molecule has 0 spiro atoms. The lowest BCUT2D eigenvalue weighted by Crippen LogP contribution is -2.25. The maximum absolute atomic E-state index is 11.7. The number of Topliss-reactive ketones (excluding diaryl/α,β-unsaturated/α-hetero) is 1. The molecular weight excluding hydrogens is 322 g/mol. The minimum absolute atomic E-state index is 0.132. The SMILES string of the molecule is CC(=O)c1csc(NC(=O)CCCNC(=O)c2ccsc2)n1. The lowest BCUT2D eigenvalue weighted by atomic mass is 10.2. The summed E-state index contributed by atoms with van der Waals surface area (Å²) in [4.78, 5) is 38.5. The maximum atomic E-state index is 11.7. The summed E-state index contributed by atoms with van der Waals surface area (Å²) in [5.41, 5.74) is 0.984. The number of carbonyl (C=O) groups is 3. The van der Waals surface area contributed by atoms with Crippen LogP contribution in [0.2, 0.25) is 0 Å². The Hall–Kier alpha value is -2.06. The molecule has 116 valence electrons. The fourth-order valence-electron chi connectivity index (χ4n) is 1.62. The van der Waals surface area contributed by atoms with Crippen molar-refractivity contribution >= 4 is 45.4 Å². The summed E-state index contributed by atoms with van der Waals surface area (Å²) in [6.07, 6.45) is 0.811. The first-order chi connectivity index (χ1) is 10.6. The molecule has 0 bridgehead atoms. The van der Waals surface area contributed by atoms with Crippen molar-refractivity contribution in [1.29, 1.82) is 0 Å². The fraction of sp³-hybridized carbons (Fsp3) is 0.286. The molecule has 8 heteroatoms. The van der Waals surface area contributed by atoms with E-state index in [2.05, 4.69) is 15.6 Å². The van der Waals surface area contributed by atoms with E-state index in [1.165, 1.54) is 29.6 Å². The van der Waals surface area contributed by atoms with E-state index in [1.54, 1.807) is 16.8 Å². The first-order valence-electron chi connectivity index (χ1n) is 6.63. The molecule has 0 saturated carbocycles. The number of nitrogens with one attached hydrogen (secondary N) is 2. The third kappa shape index (κ3) is 4.74. The second-order valence-corrected chi connectivity index (χ2v) is 6.15. The van der Waals surface area contributed by atoms with E-state index in [0.717, 1.165) is 0 Å². The van der Waals surface area contributed by atoms with Crippen LogP contribution in [-0.4, -0.2) is 29.1 Å². The van der Waals surface area contributed by atoms with Gasteiger partial charge in [0, 0.05) is 36.2 Å². The van der Waals surface area contributed by atoms with Crippen molar-refractivity contribution < 1.29 is 14.4 Å². The number of hydrogen-bond donors (Lipinski definition) is 2. The lowest BCUT2D eigenvalue weighted by molar-refractivity contribution is -0.116. The number of rotatable bonds is 7. The summed E-state index contributed by atoms with van der Waals surface area (Å²) >= 11 is 2.68. The Bertz CT molecular complexity index is 665. The van der Waals surface area contributed by atoms with Gasteiger partial charge in [0.05, 0.1) is 0 Å². The van der Waals surface area contributed by atoms with Gasteiger partial charge in [-0.3, -0.25) is 14.4 Å². The number of hydrogen-bond acceptors (Lipinski definition) is 6. The number of amides is 2. The molecule has 0 fully saturated rings. The van der Waals surface area contributed by atoms with Gasteiger partial charge in [0.1, 0.15) is 5.69 Å². The molecule has 22 heavy (non-hydrogen) atoms. The van der Waals surface area contributed by atoms with Crippen LogP contribution in [0, 0.1) is 0 Å². The topological polar surface area (TPSA) is 88.2 Å². The molecule has 2 N–H and O–H groups in total. The van der Waals surface area contributed by atoms with Crippen molar-refractivity contribution in [2.24, 2.45) is 0 Å². The molecule has 0 aromatic carbocycles. The smallest absolute Gasteiger partial charge is 0.252 e. The van der Waals surface area contributed by atoms with Crippen molar-refractivity contribution in [2.75, 3.05) is 11.9 Å². The molecule has 0 saturated heterocycles. The number of ketones is 1. The molecule has 0 radical (unpaired) electrons. The van der Waals surface area contributed by atoms with E-state index in [1.807, 2.05) is 5.38 Å². The molecule has 6 nitrogen and oxygen atoms in total. The van der Waals surface area contributed by atoms with Crippen LogP contribution >= 0.6 is 22.7 Å². The standard InChI is InChI=1S/C14H15N3O3S2/c1-9(18)11-8-22-14(16-11)17-12(19)3-2-5-15-13(20)10-4-6-21-7-10/h4,6-8H,2-3,5H2,1H3,(H,15,20)(H,16,17,19). The zero-order valence-corrected chi connectivity index (χ0v) is 13.6. The third-order valence-electron chi connectivity index (χ3n) is 2.76. The third-order valence-corrected chi connectivity index (χ3v) is 4.20. The van der Waals surface area contributed by atoms with Gasteiger partial charge in [0.2, 0.25) is 5.91 Å². The van der Waals surface area contributed by atoms with Gasteiger partial charge in [0.15, 0.2) is 10.9 Å². The van der Waals surface area contributed by atoms with Crippen LogP contribution in [0.4, 0.5) is 5.13 Å². The van der Waals surface area contributed by atoms with E-state index in [-0.39, 0.29) is 24.0 Å². The molecule has 0 aliphatic carbocycles. The van der Waals surface area contributed by atoms with Crippen LogP contribution in [0.25, 0.3) is 0 Å². The average molecular weight is 337 g/mol. The average Bonchev–Trinajstić information content (AvgIpc) is 3.14. The number of aromatic nitrogens is 1. The van der Waals surface area contributed by atoms with Gasteiger partial charge in [0.25, 0.3) is 5.91 Å². The van der Waals surface area contributed by atoms with E-state index in [9.17, 15) is 14.4 Å². The van der Waals surface area contributed by atoms with E-state index >= 15 is 0 Å². The van der Waals surface area contributed by atoms with Crippen molar-refractivity contribution in [3.63, 3.8) is 0 Å². The minimum Gasteiger partial charge on any atom is -0.352 e. The number of thiazole rings is 1. The van der Waals surface area contributed by atoms with Crippen LogP contribution in [0.15, 0.2) is 22.2 Å². The Morgan fingerprint density at radius 1 is 1.27 bits per heavy atom. The molecular formula is C14H15N3O3S2. The highest BCUT2D eigenvalue weighted by atomic mass is 32.1. The van der Waals surface area contributed by atoms with Crippen LogP contribution in [-0.2, 0) is 4.79 Å². The van der Waals surface area contributed by atoms with Gasteiger partial charge in [-0.2, -0.15) is 11.3 Å². The van der Waals surface area contributed by atoms with Crippen molar-refractivity contribution in [1.82, 2.24) is 10.3 Å². The lowest BCUT2D eigenvalue weighted by Gasteiger charge is -2.04. The Morgan fingerprint density at radius 3 is 2.73 bits per heavy atom. The summed E-state index contributed by atoms with van der Waals surface area (Å²) in [5, 5.41) is 11.0. The monoisotopic (exact) mass is 337 g/mol. The van der Waals surface area contributed by atoms with Gasteiger partial charge < -0.3 is 10.6 Å². The predicted molar refractivity (Wildman–Crippen MR) is 86.6 cm³/mol. The van der Waals surface area contributed by atoms with Crippen LogP contribution < -0.4 is 10.6 Å². The normalized spacial score (nSPS) is 10.2. The summed E-state index contributed by atoms with van der Waals surface area (Å²) in [6, 6.07) is 1.75. The summed E-state index contributed by atoms with van der Waals surface area (Å²) in [6.45, 7) is 1.86. The van der Waals surface area contributed by atoms with Crippen LogP contribution in [0.3, 0.4) is 0 Å². The predicted octanol–water partition coefficient (Wildman–Crippen LogP) is 2.56. The van der Waals surface area contributed by atoms with E-state index in [4.69, 9.17) is 0 Å². The summed E-state index contributed by atoms with van der Waals surface area (Å²) in [7, 11) is 0. The van der Waals surface area contributed by atoms with Crippen LogP contribution in [0.5, 0.6) is 0 Å². The summed E-state index contributed by atoms with van der Waals surface area (Å²) in [5.74, 6) is -0.449. The Labute approximate surface area is 135 Å². The molecule has 2 aromatic rings. The minimum atomic E-state index is -0.186. The molecule has 2 aromatic heterocycles. The van der Waals surface area contributed by atoms with E-state index in [0.29, 0.717) is 29.4 Å². The summed E-state index contributed by atoms with van der Waals surface area (Å²) < 4.78 is 0. The molecule has 2 heterocycles. The molecule has 0 atom stereocenters. The van der Waals surface area contributed by atoms with Gasteiger partial charge in [-0.1, -0.05) is 0 Å². The number of nitrogens with zero attached hydrogens (tertiary/aromatic N) is 1. The number of anilines is 1. The highest BCUT2D eigenvalue weighted by molar-refractivity contribution is 7.14. The second kappa shape index (κ2) is 7.81. The van der Waals surface area contributed by atoms with Crippen molar-refractivity contribution in [3.05, 3.63) is 33.5 Å². The van der Waals surface area contributed by atoms with Gasteiger partial charge in [-0.05, 0) is 17.9 Å². The molecule has 2 amide bonds. The maximum Gasteiger partial charge on any atom is 0.252 e. The Balaban J connectivity index is 1.67. The van der Waals surface area contributed by atoms with Gasteiger partial charge in [-0.15, -0.1) is 11.3 Å². The Kier molecular flexibility index (Phi) is 5.79. The largest absolute Gasteiger partial charge is 0.352 e. The molecule has 0 aliphatic heterocycles. The highest BCUT2D eigenvalue weighted by Gasteiger charge is 2.09. The first kappa shape index (κ1) is 16.3. The molecule has 0 unspecified atom stereocenters. The second-order valence-electron chi connectivity index (χ2n) is 4.51. The van der Waals surface area contributed by atoms with Crippen LogP contribution in [0.1, 0.15) is 40.6 Å². The molecule has 0 aliphatic rings. The quantitative estimate of drug-likeness (QED) is 0.600. The van der Waals surface area contributed by atoms with Gasteiger partial charge >= 0.3 is 0 Å². The van der Waals surface area contributed by atoms with Crippen molar-refractivity contribution in [2.45, 2.75) is 19.8 Å². The van der Waals surface area contributed by atoms with Gasteiger partial charge in [-0.25, -0.2) is 4.98 Å². The Morgan fingerprint density at radius 2 is 2.09 bits per heavy atom. The fourth-order valence-corrected chi connectivity index (χ4v) is 3.02. The zero-order valence-electron chi connectivity index (χ0n) is 11.9. The highest BCUT2D eigenvalue weighted by Crippen LogP contribution is 2.16. The van der Waals surface area contributed by atoms with Crippen molar-refractivity contribution in [3.8, 4) is 0 Å². The number of thiophene rings is 1. The van der Waals surface area contributed by atoms with E-state index < -0.39 is 0 Å².